The molecule has 0 aliphatic rings. The van der Waals surface area contributed by atoms with E-state index in [-0.39, 0.29) is 40.1 Å². The van der Waals surface area contributed by atoms with Gasteiger partial charge in [0.25, 0.3) is 5.91 Å². The average Bonchev–Trinajstić information content (AvgIpc) is 2.64. The van der Waals surface area contributed by atoms with Crippen LogP contribution in [-0.2, 0) is 10.0 Å². The summed E-state index contributed by atoms with van der Waals surface area (Å²) in [6.45, 7) is 7.50. The molecule has 0 radical (unpaired) electrons. The Balaban J connectivity index is 2.36. The molecule has 0 heterocycles. The van der Waals surface area contributed by atoms with Crippen molar-refractivity contribution in [1.29, 1.82) is 0 Å². The zero-order valence-electron chi connectivity index (χ0n) is 16.9. The standard InChI is InChI=1S/C21H28N2O4S/c1-14(2)20(16-9-7-6-8-10-16)22-21(24)17-11-12-18(27-5)19(13-17)28(25,26)23-15(3)4/h6-15,20,23H,1-5H3,(H,22,24). The molecule has 2 rings (SSSR count). The number of amides is 1. The van der Waals surface area contributed by atoms with E-state index in [9.17, 15) is 13.2 Å². The van der Waals surface area contributed by atoms with Crippen LogP contribution in [0.2, 0.25) is 0 Å². The number of carbonyl (C=O) groups excluding carboxylic acids is 1. The van der Waals surface area contributed by atoms with E-state index >= 15 is 0 Å². The molecule has 152 valence electrons. The van der Waals surface area contributed by atoms with Crippen molar-refractivity contribution in [2.24, 2.45) is 5.92 Å². The van der Waals surface area contributed by atoms with Gasteiger partial charge in [-0.2, -0.15) is 0 Å². The van der Waals surface area contributed by atoms with E-state index < -0.39 is 10.0 Å². The summed E-state index contributed by atoms with van der Waals surface area (Å²) in [6.07, 6.45) is 0. The van der Waals surface area contributed by atoms with Crippen LogP contribution in [0.25, 0.3) is 0 Å². The van der Waals surface area contributed by atoms with Crippen LogP contribution in [0, 0.1) is 5.92 Å². The number of rotatable bonds is 8. The second kappa shape index (κ2) is 9.21. The third kappa shape index (κ3) is 5.33. The Hall–Kier alpha value is -2.38. The molecule has 28 heavy (non-hydrogen) atoms. The number of carbonyl (C=O) groups is 1. The first-order chi connectivity index (χ1) is 13.2. The van der Waals surface area contributed by atoms with Crippen LogP contribution in [0.15, 0.2) is 53.4 Å². The Morgan fingerprint density at radius 2 is 1.64 bits per heavy atom. The van der Waals surface area contributed by atoms with Gasteiger partial charge in [0.1, 0.15) is 10.6 Å². The first kappa shape index (κ1) is 21.9. The van der Waals surface area contributed by atoms with Gasteiger partial charge in [0.2, 0.25) is 10.0 Å². The van der Waals surface area contributed by atoms with Gasteiger partial charge in [-0.3, -0.25) is 4.79 Å². The Bertz CT molecular complexity index is 909. The predicted octanol–water partition coefficient (Wildman–Crippen LogP) is 3.51. The van der Waals surface area contributed by atoms with E-state index in [0.29, 0.717) is 0 Å². The molecule has 0 saturated heterocycles. The van der Waals surface area contributed by atoms with Gasteiger partial charge in [-0.05, 0) is 43.5 Å². The third-order valence-electron chi connectivity index (χ3n) is 4.22. The van der Waals surface area contributed by atoms with Crippen molar-refractivity contribution < 1.29 is 17.9 Å². The van der Waals surface area contributed by atoms with Gasteiger partial charge in [0, 0.05) is 11.6 Å². The minimum atomic E-state index is -3.81. The molecule has 0 fully saturated rings. The summed E-state index contributed by atoms with van der Waals surface area (Å²) in [7, 11) is -2.41. The van der Waals surface area contributed by atoms with E-state index in [2.05, 4.69) is 10.0 Å². The second-order valence-corrected chi connectivity index (χ2v) is 8.93. The number of ether oxygens (including phenoxy) is 1. The molecular formula is C21H28N2O4S. The largest absolute Gasteiger partial charge is 0.495 e. The third-order valence-corrected chi connectivity index (χ3v) is 5.90. The lowest BCUT2D eigenvalue weighted by atomic mass is 9.95. The molecule has 0 aliphatic heterocycles. The van der Waals surface area contributed by atoms with Crippen LogP contribution >= 0.6 is 0 Å². The molecule has 2 aromatic carbocycles. The van der Waals surface area contributed by atoms with Crippen LogP contribution < -0.4 is 14.8 Å². The molecule has 1 atom stereocenters. The highest BCUT2D eigenvalue weighted by Gasteiger charge is 2.24. The van der Waals surface area contributed by atoms with E-state index in [0.717, 1.165) is 5.56 Å². The Labute approximate surface area is 167 Å². The highest BCUT2D eigenvalue weighted by Crippen LogP contribution is 2.26. The van der Waals surface area contributed by atoms with Crippen molar-refractivity contribution in [3.05, 3.63) is 59.7 Å². The number of methoxy groups -OCH3 is 1. The minimum absolute atomic E-state index is 0.0582. The van der Waals surface area contributed by atoms with Gasteiger partial charge < -0.3 is 10.1 Å². The van der Waals surface area contributed by atoms with Crippen LogP contribution in [0.5, 0.6) is 5.75 Å². The average molecular weight is 405 g/mol. The van der Waals surface area contributed by atoms with Crippen LogP contribution in [-0.4, -0.2) is 27.5 Å². The monoisotopic (exact) mass is 404 g/mol. The molecular weight excluding hydrogens is 376 g/mol. The van der Waals surface area contributed by atoms with E-state index in [1.807, 2.05) is 44.2 Å². The van der Waals surface area contributed by atoms with Gasteiger partial charge in [-0.15, -0.1) is 0 Å². The number of nitrogens with one attached hydrogen (secondary N) is 2. The zero-order chi connectivity index (χ0) is 20.9. The Morgan fingerprint density at radius 3 is 2.18 bits per heavy atom. The van der Waals surface area contributed by atoms with Crippen molar-refractivity contribution in [2.75, 3.05) is 7.11 Å². The number of hydrogen-bond acceptors (Lipinski definition) is 4. The van der Waals surface area contributed by atoms with Gasteiger partial charge in [-0.25, -0.2) is 13.1 Å². The van der Waals surface area contributed by atoms with Gasteiger partial charge in [0.05, 0.1) is 13.2 Å². The molecule has 1 unspecified atom stereocenters. The summed E-state index contributed by atoms with van der Waals surface area (Å²) >= 11 is 0. The Kier molecular flexibility index (Phi) is 7.21. The fraction of sp³-hybridized carbons (Fsp3) is 0.381. The molecule has 2 aromatic rings. The van der Waals surface area contributed by atoms with Crippen molar-refractivity contribution in [3.8, 4) is 5.75 Å². The van der Waals surface area contributed by atoms with E-state index in [1.54, 1.807) is 19.9 Å². The minimum Gasteiger partial charge on any atom is -0.495 e. The fourth-order valence-corrected chi connectivity index (χ4v) is 4.37. The molecule has 1 amide bonds. The Morgan fingerprint density at radius 1 is 1.00 bits per heavy atom. The lowest BCUT2D eigenvalue weighted by Crippen LogP contribution is -2.33. The SMILES string of the molecule is COc1ccc(C(=O)NC(c2ccccc2)C(C)C)cc1S(=O)(=O)NC(C)C. The highest BCUT2D eigenvalue weighted by molar-refractivity contribution is 7.89. The molecule has 0 aromatic heterocycles. The molecule has 0 bridgehead atoms. The maximum absolute atomic E-state index is 12.9. The normalized spacial score (nSPS) is 12.8. The van der Waals surface area contributed by atoms with Gasteiger partial charge in [-0.1, -0.05) is 44.2 Å². The molecule has 0 aliphatic carbocycles. The molecule has 2 N–H and O–H groups in total. The first-order valence-corrected chi connectivity index (χ1v) is 10.7. The molecule has 0 saturated carbocycles. The van der Waals surface area contributed by atoms with Crippen molar-refractivity contribution in [1.82, 2.24) is 10.0 Å². The van der Waals surface area contributed by atoms with Crippen LogP contribution in [0.1, 0.15) is 49.7 Å². The summed E-state index contributed by atoms with van der Waals surface area (Å²) in [5.74, 6) is 0.00906. The number of hydrogen-bond donors (Lipinski definition) is 2. The predicted molar refractivity (Wildman–Crippen MR) is 110 cm³/mol. The van der Waals surface area contributed by atoms with E-state index in [4.69, 9.17) is 4.74 Å². The summed E-state index contributed by atoms with van der Waals surface area (Å²) < 4.78 is 33.0. The van der Waals surface area contributed by atoms with Gasteiger partial charge >= 0.3 is 0 Å². The lowest BCUT2D eigenvalue weighted by Gasteiger charge is -2.23. The maximum Gasteiger partial charge on any atom is 0.251 e. The topological polar surface area (TPSA) is 84.5 Å². The summed E-state index contributed by atoms with van der Waals surface area (Å²) in [5, 5.41) is 3.01. The molecule has 7 heteroatoms. The van der Waals surface area contributed by atoms with Gasteiger partial charge in [0.15, 0.2) is 0 Å². The fourth-order valence-electron chi connectivity index (χ4n) is 2.92. The summed E-state index contributed by atoms with van der Waals surface area (Å²) in [4.78, 5) is 12.8. The quantitative estimate of drug-likeness (QED) is 0.705. The van der Waals surface area contributed by atoms with Crippen molar-refractivity contribution in [2.45, 2.75) is 44.7 Å². The summed E-state index contributed by atoms with van der Waals surface area (Å²) in [6, 6.07) is 13.6. The first-order valence-electron chi connectivity index (χ1n) is 9.22. The lowest BCUT2D eigenvalue weighted by molar-refractivity contribution is 0.0925. The number of sulfonamides is 1. The highest BCUT2D eigenvalue weighted by atomic mass is 32.2. The second-order valence-electron chi connectivity index (χ2n) is 7.25. The molecule has 6 nitrogen and oxygen atoms in total. The van der Waals surface area contributed by atoms with Crippen LogP contribution in [0.4, 0.5) is 0 Å². The molecule has 0 spiro atoms. The smallest absolute Gasteiger partial charge is 0.251 e. The maximum atomic E-state index is 12.9. The zero-order valence-corrected chi connectivity index (χ0v) is 17.7. The van der Waals surface area contributed by atoms with Crippen LogP contribution in [0.3, 0.4) is 0 Å². The van der Waals surface area contributed by atoms with Crippen molar-refractivity contribution in [3.63, 3.8) is 0 Å². The summed E-state index contributed by atoms with van der Waals surface area (Å²) in [5.41, 5.74) is 1.25. The number of benzene rings is 2. The van der Waals surface area contributed by atoms with Crippen molar-refractivity contribution >= 4 is 15.9 Å². The van der Waals surface area contributed by atoms with E-state index in [1.165, 1.54) is 19.2 Å².